The molecule has 0 aliphatic carbocycles. The number of hydrogen-bond donors (Lipinski definition) is 0. The molecule has 0 atom stereocenters. The van der Waals surface area contributed by atoms with E-state index < -0.39 is 6.43 Å². The summed E-state index contributed by atoms with van der Waals surface area (Å²) in [5.74, 6) is 0. The van der Waals surface area contributed by atoms with Gasteiger partial charge in [-0.25, -0.2) is 8.78 Å². The molecule has 0 unspecified atom stereocenters. The second-order valence-electron chi connectivity index (χ2n) is 1.38. The maximum Gasteiger partial charge on any atom is 0.266 e. The Morgan fingerprint density at radius 2 is 1.78 bits per heavy atom. The van der Waals surface area contributed by atoms with Crippen molar-refractivity contribution in [2.75, 3.05) is 0 Å². The Morgan fingerprint density at radius 3 is 2.11 bits per heavy atom. The van der Waals surface area contributed by atoms with Crippen LogP contribution in [0.3, 0.4) is 0 Å². The lowest BCUT2D eigenvalue weighted by atomic mass is 10.4. The lowest BCUT2D eigenvalue weighted by Crippen LogP contribution is -1.90. The second kappa shape index (κ2) is 2.43. The highest BCUT2D eigenvalue weighted by Gasteiger charge is 2.05. The molecule has 3 nitrogen and oxygen atoms in total. The van der Waals surface area contributed by atoms with Gasteiger partial charge in [-0.1, -0.05) is 0 Å². The summed E-state index contributed by atoms with van der Waals surface area (Å²) in [5, 5.41) is 9.42. The number of alkyl halides is 2. The number of rotatable bonds is 1. The quantitative estimate of drug-likeness (QED) is 0.566. The molecule has 9 heavy (non-hydrogen) atoms. The van der Waals surface area contributed by atoms with Gasteiger partial charge in [0.2, 0.25) is 0 Å². The van der Waals surface area contributed by atoms with Crippen molar-refractivity contribution in [2.45, 2.75) is 6.43 Å². The van der Waals surface area contributed by atoms with Crippen LogP contribution in [0.2, 0.25) is 0 Å². The standard InChI is InChI=1S/C4H3F2N3/c5-4(6)3-1-7-9-8-2-3/h1-2,4H. The largest absolute Gasteiger partial charge is 0.266 e. The predicted molar refractivity (Wildman–Crippen MR) is 24.8 cm³/mol. The molecule has 0 radical (unpaired) electrons. The minimum Gasteiger partial charge on any atom is -0.205 e. The van der Waals surface area contributed by atoms with E-state index in [1.165, 1.54) is 0 Å². The van der Waals surface area contributed by atoms with Gasteiger partial charge < -0.3 is 0 Å². The van der Waals surface area contributed by atoms with Gasteiger partial charge in [0.25, 0.3) is 6.43 Å². The average Bonchev–Trinajstić information content (AvgIpc) is 1.90. The molecule has 0 fully saturated rings. The van der Waals surface area contributed by atoms with Gasteiger partial charge >= 0.3 is 0 Å². The van der Waals surface area contributed by atoms with Crippen LogP contribution < -0.4 is 0 Å². The third kappa shape index (κ3) is 1.38. The first kappa shape index (κ1) is 6.00. The van der Waals surface area contributed by atoms with Crippen molar-refractivity contribution in [3.05, 3.63) is 18.0 Å². The van der Waals surface area contributed by atoms with Gasteiger partial charge in [0.1, 0.15) is 0 Å². The number of nitrogens with zero attached hydrogens (tertiary/aromatic N) is 3. The van der Waals surface area contributed by atoms with Crippen LogP contribution in [0.25, 0.3) is 0 Å². The van der Waals surface area contributed by atoms with Crippen LogP contribution >= 0.6 is 0 Å². The molecule has 1 aromatic heterocycles. The molecular formula is C4H3F2N3. The van der Waals surface area contributed by atoms with E-state index in [0.717, 1.165) is 12.4 Å². The highest BCUT2D eigenvalue weighted by molar-refractivity contribution is 5.01. The van der Waals surface area contributed by atoms with Gasteiger partial charge in [-0.2, -0.15) is 0 Å². The molecule has 1 aromatic rings. The van der Waals surface area contributed by atoms with E-state index >= 15 is 0 Å². The zero-order chi connectivity index (χ0) is 6.69. The Bertz CT molecular complexity index is 176. The first-order valence-corrected chi connectivity index (χ1v) is 2.22. The molecule has 48 valence electrons. The Kier molecular flexibility index (Phi) is 1.62. The summed E-state index contributed by atoms with van der Waals surface area (Å²) in [6.45, 7) is 0. The summed E-state index contributed by atoms with van der Waals surface area (Å²) in [4.78, 5) is 0. The summed E-state index contributed by atoms with van der Waals surface area (Å²) in [6, 6.07) is 0. The third-order valence-electron chi connectivity index (χ3n) is 0.769. The lowest BCUT2D eigenvalue weighted by molar-refractivity contribution is 0.150. The van der Waals surface area contributed by atoms with E-state index in [4.69, 9.17) is 0 Å². The highest BCUT2D eigenvalue weighted by Crippen LogP contribution is 2.14. The van der Waals surface area contributed by atoms with E-state index in [9.17, 15) is 8.78 Å². The van der Waals surface area contributed by atoms with Crippen molar-refractivity contribution >= 4 is 0 Å². The molecule has 0 aliphatic rings. The van der Waals surface area contributed by atoms with Crippen molar-refractivity contribution in [1.82, 2.24) is 15.4 Å². The zero-order valence-corrected chi connectivity index (χ0v) is 4.33. The lowest BCUT2D eigenvalue weighted by Gasteiger charge is -1.91. The van der Waals surface area contributed by atoms with Crippen molar-refractivity contribution in [3.63, 3.8) is 0 Å². The molecule has 0 N–H and O–H groups in total. The average molecular weight is 131 g/mol. The van der Waals surface area contributed by atoms with Crippen molar-refractivity contribution in [3.8, 4) is 0 Å². The molecular weight excluding hydrogens is 128 g/mol. The molecule has 5 heteroatoms. The van der Waals surface area contributed by atoms with Gasteiger partial charge in [0.05, 0.1) is 18.0 Å². The smallest absolute Gasteiger partial charge is 0.205 e. The van der Waals surface area contributed by atoms with Crippen LogP contribution in [0.15, 0.2) is 12.4 Å². The number of halogens is 2. The summed E-state index contributed by atoms with van der Waals surface area (Å²) in [5.41, 5.74) is -0.204. The van der Waals surface area contributed by atoms with E-state index in [1.54, 1.807) is 0 Å². The van der Waals surface area contributed by atoms with Gasteiger partial charge in [0, 0.05) is 0 Å². The van der Waals surface area contributed by atoms with Gasteiger partial charge in [0.15, 0.2) is 0 Å². The Balaban J connectivity index is 2.85. The van der Waals surface area contributed by atoms with Crippen LogP contribution in [0, 0.1) is 0 Å². The van der Waals surface area contributed by atoms with Crippen molar-refractivity contribution in [2.24, 2.45) is 0 Å². The molecule has 0 saturated heterocycles. The van der Waals surface area contributed by atoms with Gasteiger partial charge in [-0.3, -0.25) is 0 Å². The summed E-state index contributed by atoms with van der Waals surface area (Å²) >= 11 is 0. The van der Waals surface area contributed by atoms with E-state index in [-0.39, 0.29) is 5.56 Å². The van der Waals surface area contributed by atoms with Gasteiger partial charge in [-0.15, -0.1) is 10.2 Å². The van der Waals surface area contributed by atoms with Gasteiger partial charge in [-0.05, 0) is 5.21 Å². The molecule has 0 aromatic carbocycles. The third-order valence-corrected chi connectivity index (χ3v) is 0.769. The monoisotopic (exact) mass is 131 g/mol. The Labute approximate surface area is 49.7 Å². The van der Waals surface area contributed by atoms with Crippen LogP contribution in [0.1, 0.15) is 12.0 Å². The topological polar surface area (TPSA) is 38.7 Å². The molecule has 1 heterocycles. The summed E-state index contributed by atoms with van der Waals surface area (Å²) < 4.78 is 23.3. The first-order valence-electron chi connectivity index (χ1n) is 2.22. The first-order chi connectivity index (χ1) is 4.30. The SMILES string of the molecule is FC(F)c1cnnnc1. The Hall–Kier alpha value is -1.13. The fourth-order valence-corrected chi connectivity index (χ4v) is 0.361. The van der Waals surface area contributed by atoms with Crippen molar-refractivity contribution < 1.29 is 8.78 Å². The van der Waals surface area contributed by atoms with Crippen LogP contribution in [-0.4, -0.2) is 15.4 Å². The highest BCUT2D eigenvalue weighted by atomic mass is 19.3. The normalized spacial score (nSPS) is 10.1. The fraction of sp³-hybridized carbons (Fsp3) is 0.250. The number of aromatic nitrogens is 3. The zero-order valence-electron chi connectivity index (χ0n) is 4.33. The number of hydrogen-bond acceptors (Lipinski definition) is 3. The van der Waals surface area contributed by atoms with E-state index in [0.29, 0.717) is 0 Å². The molecule has 0 spiro atoms. The molecule has 0 amide bonds. The summed E-state index contributed by atoms with van der Waals surface area (Å²) in [6.07, 6.45) is -0.539. The molecule has 1 rings (SSSR count). The minimum absolute atomic E-state index is 0.204. The fourth-order valence-electron chi connectivity index (χ4n) is 0.361. The van der Waals surface area contributed by atoms with E-state index in [2.05, 4.69) is 15.4 Å². The Morgan fingerprint density at radius 1 is 1.22 bits per heavy atom. The maximum atomic E-state index is 11.7. The molecule has 0 saturated carbocycles. The maximum absolute atomic E-state index is 11.7. The van der Waals surface area contributed by atoms with Crippen LogP contribution in [-0.2, 0) is 0 Å². The second-order valence-corrected chi connectivity index (χ2v) is 1.38. The van der Waals surface area contributed by atoms with Crippen LogP contribution in [0.4, 0.5) is 8.78 Å². The summed E-state index contributed by atoms with van der Waals surface area (Å²) in [7, 11) is 0. The molecule has 0 aliphatic heterocycles. The minimum atomic E-state index is -2.51. The molecule has 0 bridgehead atoms. The van der Waals surface area contributed by atoms with Crippen LogP contribution in [0.5, 0.6) is 0 Å². The predicted octanol–water partition coefficient (Wildman–Crippen LogP) is 0.809. The van der Waals surface area contributed by atoms with Crippen molar-refractivity contribution in [1.29, 1.82) is 0 Å². The van der Waals surface area contributed by atoms with E-state index in [1.807, 2.05) is 0 Å².